The highest BCUT2D eigenvalue weighted by molar-refractivity contribution is 5.81. The van der Waals surface area contributed by atoms with Crippen molar-refractivity contribution < 1.29 is 18.7 Å². The predicted octanol–water partition coefficient (Wildman–Crippen LogP) is 4.88. The molecule has 0 bridgehead atoms. The maximum atomic E-state index is 13.0. The molecule has 41 heavy (non-hydrogen) atoms. The molecule has 0 radical (unpaired) electrons. The van der Waals surface area contributed by atoms with Gasteiger partial charge in [-0.15, -0.1) is 0 Å². The van der Waals surface area contributed by atoms with Crippen molar-refractivity contribution >= 4 is 23.1 Å². The molecule has 9 heteroatoms. The summed E-state index contributed by atoms with van der Waals surface area (Å²) in [7, 11) is 1.66. The second-order valence-corrected chi connectivity index (χ2v) is 11.0. The number of hydrogen-bond acceptors (Lipinski definition) is 6. The zero-order valence-electron chi connectivity index (χ0n) is 23.6. The number of rotatable bonds is 9. The molecular formula is C32H34N4O5. The summed E-state index contributed by atoms with van der Waals surface area (Å²) in [6, 6.07) is 23.7. The lowest BCUT2D eigenvalue weighted by molar-refractivity contribution is -0.121. The monoisotopic (exact) mass is 554 g/mol. The lowest BCUT2D eigenvalue weighted by Gasteiger charge is -2.24. The number of amides is 2. The summed E-state index contributed by atoms with van der Waals surface area (Å²) < 4.78 is 12.0. The van der Waals surface area contributed by atoms with E-state index in [9.17, 15) is 19.6 Å². The SMILES string of the molecule is Cn1c(=O)oc2ccc(-c3ccc(C[C@@H](C#N)NC(=O)CC(Cc4ccccc4)NC(=O)OC(C)(C)C)cc3)cc21. The minimum atomic E-state index is -0.746. The molecule has 0 spiro atoms. The van der Waals surface area contributed by atoms with E-state index in [-0.39, 0.29) is 12.3 Å². The molecule has 212 valence electrons. The van der Waals surface area contributed by atoms with E-state index in [0.717, 1.165) is 22.3 Å². The Morgan fingerprint density at radius 3 is 2.27 bits per heavy atom. The van der Waals surface area contributed by atoms with Gasteiger partial charge in [0.25, 0.3) is 0 Å². The van der Waals surface area contributed by atoms with E-state index in [1.165, 1.54) is 4.57 Å². The molecular weight excluding hydrogens is 520 g/mol. The number of ether oxygens (including phenoxy) is 1. The van der Waals surface area contributed by atoms with E-state index in [1.807, 2.05) is 66.7 Å². The molecule has 0 saturated heterocycles. The molecule has 4 aromatic rings. The Balaban J connectivity index is 1.39. The third-order valence-corrected chi connectivity index (χ3v) is 6.49. The summed E-state index contributed by atoms with van der Waals surface area (Å²) in [4.78, 5) is 37.2. The van der Waals surface area contributed by atoms with Gasteiger partial charge in [-0.05, 0) is 61.6 Å². The van der Waals surface area contributed by atoms with Crippen LogP contribution in [-0.2, 0) is 29.4 Å². The second-order valence-electron chi connectivity index (χ2n) is 11.0. The molecule has 1 heterocycles. The number of benzene rings is 3. The summed E-state index contributed by atoms with van der Waals surface area (Å²) in [6.07, 6.45) is 0.146. The van der Waals surface area contributed by atoms with Crippen LogP contribution in [0.2, 0.25) is 0 Å². The van der Waals surface area contributed by atoms with Crippen LogP contribution in [-0.4, -0.2) is 34.3 Å². The van der Waals surface area contributed by atoms with Crippen molar-refractivity contribution in [3.63, 3.8) is 0 Å². The van der Waals surface area contributed by atoms with Crippen LogP contribution < -0.4 is 16.4 Å². The van der Waals surface area contributed by atoms with Gasteiger partial charge in [0, 0.05) is 25.9 Å². The number of aromatic nitrogens is 1. The fourth-order valence-electron chi connectivity index (χ4n) is 4.53. The Bertz CT molecular complexity index is 1610. The van der Waals surface area contributed by atoms with Gasteiger partial charge in [-0.3, -0.25) is 9.36 Å². The van der Waals surface area contributed by atoms with Crippen molar-refractivity contribution in [2.75, 3.05) is 0 Å². The summed E-state index contributed by atoms with van der Waals surface area (Å²) >= 11 is 0. The molecule has 0 aliphatic rings. The van der Waals surface area contributed by atoms with Crippen LogP contribution in [0.3, 0.4) is 0 Å². The van der Waals surface area contributed by atoms with Crippen LogP contribution >= 0.6 is 0 Å². The highest BCUT2D eigenvalue weighted by Gasteiger charge is 2.23. The number of aryl methyl sites for hydroxylation is 1. The molecule has 2 N–H and O–H groups in total. The van der Waals surface area contributed by atoms with E-state index in [2.05, 4.69) is 16.7 Å². The number of alkyl carbamates (subject to hydrolysis) is 1. The summed E-state index contributed by atoms with van der Waals surface area (Å²) in [6.45, 7) is 5.32. The first-order valence-electron chi connectivity index (χ1n) is 13.4. The normalized spacial score (nSPS) is 12.8. The van der Waals surface area contributed by atoms with Crippen molar-refractivity contribution in [2.24, 2.45) is 7.05 Å². The number of nitrogens with one attached hydrogen (secondary N) is 2. The minimum absolute atomic E-state index is 0.00968. The Morgan fingerprint density at radius 2 is 1.61 bits per heavy atom. The Labute approximate surface area is 238 Å². The second kappa shape index (κ2) is 12.6. The lowest BCUT2D eigenvalue weighted by atomic mass is 10.00. The van der Waals surface area contributed by atoms with Gasteiger partial charge in [-0.25, -0.2) is 9.59 Å². The molecule has 1 unspecified atom stereocenters. The van der Waals surface area contributed by atoms with E-state index in [0.29, 0.717) is 23.9 Å². The average molecular weight is 555 g/mol. The molecule has 2 atom stereocenters. The number of nitriles is 1. The number of nitrogens with zero attached hydrogens (tertiary/aromatic N) is 2. The molecule has 0 aliphatic carbocycles. The van der Waals surface area contributed by atoms with Gasteiger partial charge >= 0.3 is 11.8 Å². The van der Waals surface area contributed by atoms with Crippen molar-refractivity contribution in [3.05, 3.63) is 94.5 Å². The van der Waals surface area contributed by atoms with Gasteiger partial charge in [0.15, 0.2) is 5.58 Å². The number of fused-ring (bicyclic) bond motifs is 1. The van der Waals surface area contributed by atoms with Crippen LogP contribution in [0.4, 0.5) is 4.79 Å². The van der Waals surface area contributed by atoms with E-state index in [1.54, 1.807) is 33.9 Å². The first-order valence-corrected chi connectivity index (χ1v) is 13.4. The zero-order chi connectivity index (χ0) is 29.6. The standard InChI is InChI=1S/C32H34N4O5/c1-32(2,3)41-30(38)35-25(16-21-8-6-5-7-9-21)19-29(37)34-26(20-33)17-22-10-12-23(13-11-22)24-14-15-28-27(18-24)36(4)31(39)40-28/h5-15,18,25-26H,16-17,19H2,1-4H3,(H,34,37)(H,35,38)/t25?,26-/m0/s1. The molecule has 9 nitrogen and oxygen atoms in total. The van der Waals surface area contributed by atoms with E-state index >= 15 is 0 Å². The quantitative estimate of drug-likeness (QED) is 0.304. The fourth-order valence-corrected chi connectivity index (χ4v) is 4.53. The maximum Gasteiger partial charge on any atom is 0.419 e. The molecule has 1 aromatic heterocycles. The van der Waals surface area contributed by atoms with Gasteiger partial charge in [0.05, 0.1) is 11.6 Å². The largest absolute Gasteiger partial charge is 0.444 e. The fraction of sp³-hybridized carbons (Fsp3) is 0.312. The number of hydrogen-bond donors (Lipinski definition) is 2. The third kappa shape index (κ3) is 8.08. The predicted molar refractivity (Wildman–Crippen MR) is 156 cm³/mol. The zero-order valence-corrected chi connectivity index (χ0v) is 23.6. The third-order valence-electron chi connectivity index (χ3n) is 6.49. The molecule has 4 rings (SSSR count). The van der Waals surface area contributed by atoms with Crippen molar-refractivity contribution in [1.29, 1.82) is 5.26 Å². The lowest BCUT2D eigenvalue weighted by Crippen LogP contribution is -2.44. The maximum absolute atomic E-state index is 13.0. The van der Waals surface area contributed by atoms with Crippen molar-refractivity contribution in [2.45, 2.75) is 57.7 Å². The van der Waals surface area contributed by atoms with Crippen LogP contribution in [0, 0.1) is 11.3 Å². The van der Waals surface area contributed by atoms with Gasteiger partial charge in [-0.1, -0.05) is 60.7 Å². The van der Waals surface area contributed by atoms with Gasteiger partial charge in [0.2, 0.25) is 5.91 Å². The Hall–Kier alpha value is -4.84. The topological polar surface area (TPSA) is 126 Å². The highest BCUT2D eigenvalue weighted by Crippen LogP contribution is 2.24. The van der Waals surface area contributed by atoms with Crippen LogP contribution in [0.15, 0.2) is 82.0 Å². The summed E-state index contributed by atoms with van der Waals surface area (Å²) in [5.41, 5.74) is 4.27. The molecule has 3 aromatic carbocycles. The van der Waals surface area contributed by atoms with Crippen LogP contribution in [0.5, 0.6) is 0 Å². The smallest absolute Gasteiger partial charge is 0.419 e. The molecule has 0 fully saturated rings. The summed E-state index contributed by atoms with van der Waals surface area (Å²) in [5, 5.41) is 15.3. The number of carbonyl (C=O) groups excluding carboxylic acids is 2. The minimum Gasteiger partial charge on any atom is -0.444 e. The van der Waals surface area contributed by atoms with Gasteiger partial charge in [-0.2, -0.15) is 5.26 Å². The van der Waals surface area contributed by atoms with Crippen molar-refractivity contribution in [3.8, 4) is 17.2 Å². The van der Waals surface area contributed by atoms with E-state index < -0.39 is 29.5 Å². The summed E-state index contributed by atoms with van der Waals surface area (Å²) in [5.74, 6) is -0.756. The highest BCUT2D eigenvalue weighted by atomic mass is 16.6. The van der Waals surface area contributed by atoms with Crippen molar-refractivity contribution in [1.82, 2.24) is 15.2 Å². The van der Waals surface area contributed by atoms with Gasteiger partial charge in [0.1, 0.15) is 11.6 Å². The molecule has 0 saturated carbocycles. The van der Waals surface area contributed by atoms with Crippen LogP contribution in [0.25, 0.3) is 22.2 Å². The van der Waals surface area contributed by atoms with E-state index in [4.69, 9.17) is 9.15 Å². The number of carbonyl (C=O) groups is 2. The van der Waals surface area contributed by atoms with Gasteiger partial charge < -0.3 is 19.8 Å². The number of oxazole rings is 1. The first-order chi connectivity index (χ1) is 19.5. The Kier molecular flexibility index (Phi) is 8.93. The molecule has 0 aliphatic heterocycles. The Morgan fingerprint density at radius 1 is 0.951 bits per heavy atom. The molecule has 2 amide bonds. The van der Waals surface area contributed by atoms with Crippen LogP contribution in [0.1, 0.15) is 38.3 Å². The average Bonchev–Trinajstić information content (AvgIpc) is 3.20. The first kappa shape index (κ1) is 29.2.